The highest BCUT2D eigenvalue weighted by Gasteiger charge is 2.27. The number of piperidine rings is 1. The topological polar surface area (TPSA) is 97.8 Å². The fourth-order valence-electron chi connectivity index (χ4n) is 3.64. The number of alkyl halides is 2. The number of rotatable bonds is 7. The minimum absolute atomic E-state index is 0.133. The maximum Gasteiger partial charge on any atom is 0.279 e. The third kappa shape index (κ3) is 6.02. The van der Waals surface area contributed by atoms with Crippen molar-refractivity contribution in [3.8, 4) is 11.3 Å². The van der Waals surface area contributed by atoms with Gasteiger partial charge in [0.15, 0.2) is 0 Å². The fourth-order valence-corrected chi connectivity index (χ4v) is 4.71. The number of anilines is 1. The zero-order valence-electron chi connectivity index (χ0n) is 17.3. The second kappa shape index (κ2) is 9.13. The number of H-pyrrole nitrogens is 1. The van der Waals surface area contributed by atoms with Crippen LogP contribution in [0, 0.1) is 11.3 Å². The van der Waals surface area contributed by atoms with Gasteiger partial charge in [0.2, 0.25) is 0 Å². The summed E-state index contributed by atoms with van der Waals surface area (Å²) < 4.78 is 40.3. The molecule has 2 aromatic rings. The number of allylic oxidation sites excluding steroid dienone is 1. The third-order valence-corrected chi connectivity index (χ3v) is 5.77. The number of aromatic nitrogens is 3. The number of hydrogen-bond donors (Lipinski definition) is 4. The van der Waals surface area contributed by atoms with E-state index in [2.05, 4.69) is 31.5 Å². The molecule has 2 unspecified atom stereocenters. The second-order valence-electron chi connectivity index (χ2n) is 8.10. The number of halogens is 2. The summed E-state index contributed by atoms with van der Waals surface area (Å²) in [7, 11) is -2.33. The molecule has 0 aliphatic carbocycles. The van der Waals surface area contributed by atoms with Crippen molar-refractivity contribution < 1.29 is 13.0 Å². The van der Waals surface area contributed by atoms with Crippen LogP contribution in [0.25, 0.3) is 17.3 Å². The zero-order valence-corrected chi connectivity index (χ0v) is 18.2. The van der Waals surface area contributed by atoms with Crippen molar-refractivity contribution in [1.82, 2.24) is 19.7 Å². The van der Waals surface area contributed by atoms with Crippen molar-refractivity contribution in [1.29, 1.82) is 5.41 Å². The van der Waals surface area contributed by atoms with Crippen LogP contribution in [0.1, 0.15) is 19.2 Å². The highest BCUT2D eigenvalue weighted by Crippen LogP contribution is 2.26. The van der Waals surface area contributed by atoms with Crippen molar-refractivity contribution in [3.05, 3.63) is 36.4 Å². The predicted molar refractivity (Wildman–Crippen MR) is 119 cm³/mol. The average molecular weight is 439 g/mol. The first-order valence-corrected chi connectivity index (χ1v) is 12.3. The molecule has 1 fully saturated rings. The van der Waals surface area contributed by atoms with E-state index in [1.54, 1.807) is 24.9 Å². The predicted octanol–water partition coefficient (Wildman–Crippen LogP) is 2.77. The minimum Gasteiger partial charge on any atom is -0.355 e. The summed E-state index contributed by atoms with van der Waals surface area (Å²) in [5.74, 6) is 1.65. The first-order valence-electron chi connectivity index (χ1n) is 9.74. The van der Waals surface area contributed by atoms with E-state index in [1.165, 1.54) is 6.08 Å². The van der Waals surface area contributed by atoms with Crippen LogP contribution >= 0.6 is 0 Å². The molecule has 30 heavy (non-hydrogen) atoms. The lowest BCUT2D eigenvalue weighted by atomic mass is 9.96. The lowest BCUT2D eigenvalue weighted by Gasteiger charge is -2.39. The average Bonchev–Trinajstić information content (AvgIpc) is 3.13. The van der Waals surface area contributed by atoms with Gasteiger partial charge in [0.05, 0.1) is 17.6 Å². The molecule has 7 nitrogen and oxygen atoms in total. The molecule has 0 radical (unpaired) electrons. The molecule has 3 heterocycles. The number of aromatic amines is 1. The first kappa shape index (κ1) is 22.2. The van der Waals surface area contributed by atoms with Gasteiger partial charge >= 0.3 is 0 Å². The molecule has 0 saturated carbocycles. The van der Waals surface area contributed by atoms with E-state index < -0.39 is 22.3 Å². The molecule has 3 N–H and O–H groups in total. The molecule has 2 atom stereocenters. The normalized spacial score (nSPS) is 20.8. The molecule has 0 spiro atoms. The van der Waals surface area contributed by atoms with Crippen LogP contribution in [-0.4, -0.2) is 62.9 Å². The summed E-state index contributed by atoms with van der Waals surface area (Å²) in [5, 5.41) is 7.18. The highest BCUT2D eigenvalue weighted by atomic mass is 32.3. The van der Waals surface area contributed by atoms with Gasteiger partial charge in [-0.25, -0.2) is 18.7 Å². The van der Waals surface area contributed by atoms with Crippen molar-refractivity contribution in [2.45, 2.75) is 25.8 Å². The monoisotopic (exact) mass is 438 g/mol. The van der Waals surface area contributed by atoms with Crippen LogP contribution in [0.4, 0.5) is 14.6 Å². The van der Waals surface area contributed by atoms with E-state index >= 15 is 0 Å². The molecule has 1 saturated heterocycles. The Balaban J connectivity index is 1.76. The van der Waals surface area contributed by atoms with E-state index in [9.17, 15) is 13.0 Å². The summed E-state index contributed by atoms with van der Waals surface area (Å²) in [6.07, 6.45) is 7.37. The smallest absolute Gasteiger partial charge is 0.279 e. The zero-order chi connectivity index (χ0) is 21.9. The van der Waals surface area contributed by atoms with E-state index in [0.29, 0.717) is 11.7 Å². The number of pyridine rings is 1. The van der Waals surface area contributed by atoms with E-state index in [-0.39, 0.29) is 6.04 Å². The largest absolute Gasteiger partial charge is 0.355 e. The fraction of sp³-hybridized carbons (Fsp3) is 0.450. The van der Waals surface area contributed by atoms with Gasteiger partial charge in [-0.2, -0.15) is 0 Å². The standard InChI is InChI=1S/C20H28F2N6OS/c1-13-8-15(27-30(2,3)29)12-28(11-13)19-9-14(6-7-24-19)17-10-25-18(26-17)5-4-16(23)20(21)22/h4-7,9-10,13,15,20,23,30H,8,11-12H2,1-3H3,(H,25,26)(H,27,29)/b5-4-,23-16?. The Morgan fingerprint density at radius 1 is 1.40 bits per heavy atom. The van der Waals surface area contributed by atoms with Gasteiger partial charge in [-0.3, -0.25) is 14.3 Å². The van der Waals surface area contributed by atoms with Gasteiger partial charge in [-0.1, -0.05) is 17.0 Å². The lowest BCUT2D eigenvalue weighted by Crippen LogP contribution is -2.51. The van der Waals surface area contributed by atoms with Crippen LogP contribution in [0.2, 0.25) is 0 Å². The summed E-state index contributed by atoms with van der Waals surface area (Å²) in [6.45, 7) is 3.75. The van der Waals surface area contributed by atoms with E-state index in [4.69, 9.17) is 5.41 Å². The number of nitrogens with one attached hydrogen (secondary N) is 3. The Hall–Kier alpha value is -2.46. The van der Waals surface area contributed by atoms with Crippen molar-refractivity contribution in [2.75, 3.05) is 30.5 Å². The Kier molecular flexibility index (Phi) is 6.77. The summed E-state index contributed by atoms with van der Waals surface area (Å²) in [4.78, 5) is 13.9. The third-order valence-electron chi connectivity index (χ3n) is 4.79. The minimum atomic E-state index is -2.81. The summed E-state index contributed by atoms with van der Waals surface area (Å²) in [5.41, 5.74) is 0.842. The van der Waals surface area contributed by atoms with Crippen LogP contribution in [0.15, 0.2) is 30.6 Å². The van der Waals surface area contributed by atoms with Gasteiger partial charge in [-0.15, -0.1) is 0 Å². The molecule has 164 valence electrons. The van der Waals surface area contributed by atoms with Crippen LogP contribution in [0.5, 0.6) is 0 Å². The Morgan fingerprint density at radius 2 is 2.17 bits per heavy atom. The molecule has 3 rings (SSSR count). The molecule has 0 bridgehead atoms. The molecule has 1 aliphatic heterocycles. The molecule has 10 heteroatoms. The molecule has 2 aromatic heterocycles. The number of thiol groups is 1. The van der Waals surface area contributed by atoms with Gasteiger partial charge < -0.3 is 9.88 Å². The summed E-state index contributed by atoms with van der Waals surface area (Å²) in [6, 6.07) is 3.93. The maximum absolute atomic E-state index is 12.4. The van der Waals surface area contributed by atoms with E-state index in [1.807, 2.05) is 12.1 Å². The van der Waals surface area contributed by atoms with E-state index in [0.717, 1.165) is 42.7 Å². The van der Waals surface area contributed by atoms with Gasteiger partial charge in [0, 0.05) is 43.4 Å². The van der Waals surface area contributed by atoms with Crippen LogP contribution in [0.3, 0.4) is 0 Å². The SMILES string of the molecule is CC1CC(N[SH](C)(C)=O)CN(c2cc(-c3cnc(/C=C\C(=N)C(F)F)[nH]3)ccn2)C1. The van der Waals surface area contributed by atoms with Crippen molar-refractivity contribution in [2.24, 2.45) is 5.92 Å². The molecule has 0 aromatic carbocycles. The Morgan fingerprint density at radius 3 is 2.87 bits per heavy atom. The second-order valence-corrected chi connectivity index (χ2v) is 11.1. The lowest BCUT2D eigenvalue weighted by molar-refractivity contribution is 0.226. The van der Waals surface area contributed by atoms with Gasteiger partial charge in [0.1, 0.15) is 11.6 Å². The molecular formula is C20H28F2N6OS. The molecular weight excluding hydrogens is 410 g/mol. The Bertz CT molecular complexity index is 970. The van der Waals surface area contributed by atoms with Crippen molar-refractivity contribution in [3.63, 3.8) is 0 Å². The number of hydrogen-bond acceptors (Lipinski definition) is 5. The molecule has 0 amide bonds. The number of nitrogens with zero attached hydrogens (tertiary/aromatic N) is 3. The Labute approximate surface area is 176 Å². The quantitative estimate of drug-likeness (QED) is 0.395. The van der Waals surface area contributed by atoms with Gasteiger partial charge in [-0.05, 0) is 36.6 Å². The first-order chi connectivity index (χ1) is 14.1. The van der Waals surface area contributed by atoms with Gasteiger partial charge in [0.25, 0.3) is 6.43 Å². The van der Waals surface area contributed by atoms with Crippen LogP contribution < -0.4 is 9.62 Å². The molecule has 1 aliphatic rings. The summed E-state index contributed by atoms with van der Waals surface area (Å²) >= 11 is 0. The van der Waals surface area contributed by atoms with Crippen LogP contribution in [-0.2, 0) is 10.1 Å². The highest BCUT2D eigenvalue weighted by molar-refractivity contribution is 7.99. The number of imidazole rings is 1. The maximum atomic E-state index is 12.4. The van der Waals surface area contributed by atoms with Crippen molar-refractivity contribution >= 4 is 27.7 Å².